The number of amides is 1. The average molecular weight is 168 g/mol. The van der Waals surface area contributed by atoms with E-state index < -0.39 is 0 Å². The number of nitrogens with zero attached hydrogens (tertiary/aromatic N) is 2. The van der Waals surface area contributed by atoms with Crippen molar-refractivity contribution in [2.24, 2.45) is 0 Å². The normalized spacial score (nSPS) is 9.92. The first-order chi connectivity index (χ1) is 5.65. The molecule has 1 aromatic heterocycles. The molecule has 0 aliphatic rings. The molecule has 0 aliphatic heterocycles. The minimum atomic E-state index is -0.0224. The summed E-state index contributed by atoms with van der Waals surface area (Å²) < 4.78 is 4.85. The lowest BCUT2D eigenvalue weighted by Crippen LogP contribution is -2.28. The predicted octanol–water partition coefficient (Wildman–Crippen LogP) is 1.36. The Balaban J connectivity index is 2.87. The van der Waals surface area contributed by atoms with Crippen LogP contribution in [-0.2, 0) is 4.79 Å². The van der Waals surface area contributed by atoms with Crippen LogP contribution in [0.15, 0.2) is 10.6 Å². The third kappa shape index (κ3) is 1.64. The Morgan fingerprint density at radius 1 is 1.75 bits per heavy atom. The summed E-state index contributed by atoms with van der Waals surface area (Å²) in [5.41, 5.74) is 0. The van der Waals surface area contributed by atoms with Gasteiger partial charge >= 0.3 is 0 Å². The maximum absolute atomic E-state index is 11.0. The average Bonchev–Trinajstić information content (AvgIpc) is 2.37. The third-order valence-corrected chi connectivity index (χ3v) is 1.59. The second-order valence-corrected chi connectivity index (χ2v) is 2.56. The molecular formula is C8H12N2O2. The molecule has 0 N–H and O–H groups in total. The second-order valence-electron chi connectivity index (χ2n) is 2.56. The zero-order valence-corrected chi connectivity index (χ0v) is 7.50. The molecule has 1 amide bonds. The molecule has 1 heterocycles. The van der Waals surface area contributed by atoms with Crippen LogP contribution in [0.3, 0.4) is 0 Å². The van der Waals surface area contributed by atoms with Crippen molar-refractivity contribution in [1.29, 1.82) is 0 Å². The SMILES string of the molecule is CCN(C(C)=O)c1cc(C)on1. The van der Waals surface area contributed by atoms with E-state index in [0.29, 0.717) is 18.1 Å². The maximum atomic E-state index is 11.0. The number of hydrogen-bond acceptors (Lipinski definition) is 3. The van der Waals surface area contributed by atoms with E-state index in [-0.39, 0.29) is 5.91 Å². The van der Waals surface area contributed by atoms with Crippen molar-refractivity contribution in [3.63, 3.8) is 0 Å². The molecular weight excluding hydrogens is 156 g/mol. The molecule has 0 aromatic carbocycles. The van der Waals surface area contributed by atoms with Crippen LogP contribution in [0, 0.1) is 6.92 Å². The van der Waals surface area contributed by atoms with Crippen molar-refractivity contribution in [3.8, 4) is 0 Å². The van der Waals surface area contributed by atoms with Gasteiger partial charge in [-0.3, -0.25) is 9.69 Å². The Bertz CT molecular complexity index is 280. The maximum Gasteiger partial charge on any atom is 0.225 e. The molecule has 1 aromatic rings. The molecule has 0 radical (unpaired) electrons. The van der Waals surface area contributed by atoms with Crippen LogP contribution < -0.4 is 4.90 Å². The van der Waals surface area contributed by atoms with Gasteiger partial charge in [0.2, 0.25) is 5.91 Å². The fourth-order valence-electron chi connectivity index (χ4n) is 1.03. The highest BCUT2D eigenvalue weighted by Crippen LogP contribution is 2.13. The summed E-state index contributed by atoms with van der Waals surface area (Å²) in [7, 11) is 0. The van der Waals surface area contributed by atoms with E-state index in [4.69, 9.17) is 4.52 Å². The number of aromatic nitrogens is 1. The van der Waals surface area contributed by atoms with E-state index in [1.54, 1.807) is 17.9 Å². The number of carbonyl (C=O) groups excluding carboxylic acids is 1. The van der Waals surface area contributed by atoms with Gasteiger partial charge in [-0.05, 0) is 13.8 Å². The Hall–Kier alpha value is -1.32. The summed E-state index contributed by atoms with van der Waals surface area (Å²) in [6.07, 6.45) is 0. The minimum absolute atomic E-state index is 0.0224. The summed E-state index contributed by atoms with van der Waals surface area (Å²) in [4.78, 5) is 12.6. The molecule has 4 nitrogen and oxygen atoms in total. The molecule has 0 saturated carbocycles. The lowest BCUT2D eigenvalue weighted by Gasteiger charge is -2.13. The molecule has 0 atom stereocenters. The third-order valence-electron chi connectivity index (χ3n) is 1.59. The standard InChI is InChI=1S/C8H12N2O2/c1-4-10(7(3)11)8-5-6(2)12-9-8/h5H,4H2,1-3H3. The monoisotopic (exact) mass is 168 g/mol. The van der Waals surface area contributed by atoms with Crippen molar-refractivity contribution in [3.05, 3.63) is 11.8 Å². The first-order valence-corrected chi connectivity index (χ1v) is 3.86. The van der Waals surface area contributed by atoms with Gasteiger partial charge in [0.15, 0.2) is 5.82 Å². The summed E-state index contributed by atoms with van der Waals surface area (Å²) in [6.45, 7) is 5.81. The van der Waals surface area contributed by atoms with Crippen molar-refractivity contribution in [1.82, 2.24) is 5.16 Å². The fraction of sp³-hybridized carbons (Fsp3) is 0.500. The molecule has 0 aliphatic carbocycles. The molecule has 0 saturated heterocycles. The molecule has 0 spiro atoms. The van der Waals surface area contributed by atoms with Gasteiger partial charge in [-0.1, -0.05) is 5.16 Å². The minimum Gasteiger partial charge on any atom is -0.360 e. The van der Waals surface area contributed by atoms with Gasteiger partial charge in [-0.15, -0.1) is 0 Å². The van der Waals surface area contributed by atoms with Crippen LogP contribution in [0.4, 0.5) is 5.82 Å². The lowest BCUT2D eigenvalue weighted by molar-refractivity contribution is -0.116. The first-order valence-electron chi connectivity index (χ1n) is 3.86. The Morgan fingerprint density at radius 3 is 2.75 bits per heavy atom. The number of anilines is 1. The highest BCUT2D eigenvalue weighted by atomic mass is 16.5. The Kier molecular flexibility index (Phi) is 2.47. The lowest BCUT2D eigenvalue weighted by atomic mass is 10.4. The van der Waals surface area contributed by atoms with Gasteiger partial charge in [-0.25, -0.2) is 0 Å². The van der Waals surface area contributed by atoms with E-state index in [0.717, 1.165) is 0 Å². The van der Waals surface area contributed by atoms with E-state index in [2.05, 4.69) is 5.16 Å². The van der Waals surface area contributed by atoms with Crippen LogP contribution >= 0.6 is 0 Å². The molecule has 0 unspecified atom stereocenters. The molecule has 66 valence electrons. The van der Waals surface area contributed by atoms with E-state index in [1.807, 2.05) is 6.92 Å². The van der Waals surface area contributed by atoms with E-state index in [1.165, 1.54) is 6.92 Å². The summed E-state index contributed by atoms with van der Waals surface area (Å²) in [6, 6.07) is 1.74. The van der Waals surface area contributed by atoms with Gasteiger partial charge < -0.3 is 4.52 Å². The number of carbonyl (C=O) groups is 1. The van der Waals surface area contributed by atoms with Gasteiger partial charge in [0.05, 0.1) is 0 Å². The second kappa shape index (κ2) is 3.38. The van der Waals surface area contributed by atoms with Crippen molar-refractivity contribution < 1.29 is 9.32 Å². The summed E-state index contributed by atoms with van der Waals surface area (Å²) in [5, 5.41) is 3.74. The molecule has 4 heteroatoms. The number of aryl methyl sites for hydroxylation is 1. The van der Waals surface area contributed by atoms with Crippen LogP contribution in [0.2, 0.25) is 0 Å². The molecule has 0 bridgehead atoms. The Morgan fingerprint density at radius 2 is 2.42 bits per heavy atom. The van der Waals surface area contributed by atoms with Crippen LogP contribution in [0.1, 0.15) is 19.6 Å². The van der Waals surface area contributed by atoms with Crippen LogP contribution in [0.5, 0.6) is 0 Å². The molecule has 1 rings (SSSR count). The highest BCUT2D eigenvalue weighted by molar-refractivity contribution is 5.90. The Labute approximate surface area is 71.1 Å². The number of rotatable bonds is 2. The van der Waals surface area contributed by atoms with Crippen molar-refractivity contribution in [2.75, 3.05) is 11.4 Å². The summed E-state index contributed by atoms with van der Waals surface area (Å²) in [5.74, 6) is 1.28. The van der Waals surface area contributed by atoms with E-state index >= 15 is 0 Å². The van der Waals surface area contributed by atoms with Gasteiger partial charge in [0.25, 0.3) is 0 Å². The number of hydrogen-bond donors (Lipinski definition) is 0. The largest absolute Gasteiger partial charge is 0.360 e. The predicted molar refractivity (Wildman–Crippen MR) is 44.9 cm³/mol. The molecule has 12 heavy (non-hydrogen) atoms. The fourth-order valence-corrected chi connectivity index (χ4v) is 1.03. The van der Waals surface area contributed by atoms with Crippen molar-refractivity contribution >= 4 is 11.7 Å². The topological polar surface area (TPSA) is 46.3 Å². The first kappa shape index (κ1) is 8.77. The zero-order valence-electron chi connectivity index (χ0n) is 7.50. The van der Waals surface area contributed by atoms with Gasteiger partial charge in [-0.2, -0.15) is 0 Å². The summed E-state index contributed by atoms with van der Waals surface area (Å²) >= 11 is 0. The quantitative estimate of drug-likeness (QED) is 0.669. The van der Waals surface area contributed by atoms with Gasteiger partial charge in [0, 0.05) is 19.5 Å². The van der Waals surface area contributed by atoms with E-state index in [9.17, 15) is 4.79 Å². The highest BCUT2D eigenvalue weighted by Gasteiger charge is 2.12. The van der Waals surface area contributed by atoms with Crippen molar-refractivity contribution in [2.45, 2.75) is 20.8 Å². The van der Waals surface area contributed by atoms with Crippen LogP contribution in [0.25, 0.3) is 0 Å². The molecule has 0 fully saturated rings. The smallest absolute Gasteiger partial charge is 0.225 e. The zero-order chi connectivity index (χ0) is 9.14. The van der Waals surface area contributed by atoms with Crippen LogP contribution in [-0.4, -0.2) is 17.6 Å². The van der Waals surface area contributed by atoms with Gasteiger partial charge in [0.1, 0.15) is 5.76 Å².